The van der Waals surface area contributed by atoms with E-state index in [2.05, 4.69) is 0 Å². The molecular formula is C11H6ClF6O5-. The largest absolute Gasteiger partial charge is 1.00 e. The van der Waals surface area contributed by atoms with Crippen LogP contribution in [0.15, 0.2) is 18.2 Å². The number of rotatable bonds is 3. The third-order valence-electron chi connectivity index (χ3n) is 2.67. The van der Waals surface area contributed by atoms with Gasteiger partial charge in [0.25, 0.3) is 5.60 Å². The molecule has 1 aromatic carbocycles. The van der Waals surface area contributed by atoms with Crippen LogP contribution >= 0.6 is 0 Å². The molecule has 0 spiro atoms. The van der Waals surface area contributed by atoms with Crippen molar-refractivity contribution in [3.8, 4) is 0 Å². The molecule has 0 aromatic heterocycles. The Kier molecular flexibility index (Phi) is 5.69. The minimum absolute atomic E-state index is 0. The molecule has 23 heavy (non-hydrogen) atoms. The Balaban J connectivity index is 0.00000484. The number of alkyl halides is 6. The first-order valence-corrected chi connectivity index (χ1v) is 5.20. The fourth-order valence-electron chi connectivity index (χ4n) is 1.57. The summed E-state index contributed by atoms with van der Waals surface area (Å²) in [7, 11) is 0. The molecule has 0 unspecified atom stereocenters. The first-order chi connectivity index (χ1) is 9.71. The van der Waals surface area contributed by atoms with E-state index in [-0.39, 0.29) is 24.5 Å². The zero-order valence-corrected chi connectivity index (χ0v) is 11.3. The molecule has 0 aliphatic carbocycles. The van der Waals surface area contributed by atoms with Crippen LogP contribution in [0.2, 0.25) is 0 Å². The van der Waals surface area contributed by atoms with Gasteiger partial charge in [0.15, 0.2) is 0 Å². The van der Waals surface area contributed by atoms with Crippen LogP contribution < -0.4 is 12.4 Å². The van der Waals surface area contributed by atoms with E-state index in [1.807, 2.05) is 0 Å². The average Bonchev–Trinajstić information content (AvgIpc) is 2.34. The maximum Gasteiger partial charge on any atom is 0.430 e. The van der Waals surface area contributed by atoms with Crippen LogP contribution in [0.1, 0.15) is 26.3 Å². The van der Waals surface area contributed by atoms with Crippen molar-refractivity contribution in [2.75, 3.05) is 0 Å². The van der Waals surface area contributed by atoms with Gasteiger partial charge in [-0.15, -0.1) is 0 Å². The second-order valence-electron chi connectivity index (χ2n) is 4.12. The van der Waals surface area contributed by atoms with Gasteiger partial charge in [-0.3, -0.25) is 0 Å². The van der Waals surface area contributed by atoms with Crippen LogP contribution in [-0.4, -0.2) is 39.6 Å². The Bertz CT molecular complexity index is 578. The predicted molar refractivity (Wildman–Crippen MR) is 56.4 cm³/mol. The third kappa shape index (κ3) is 3.67. The molecule has 5 nitrogen and oxygen atoms in total. The zero-order valence-electron chi connectivity index (χ0n) is 10.5. The van der Waals surface area contributed by atoms with E-state index in [4.69, 9.17) is 15.3 Å². The van der Waals surface area contributed by atoms with Crippen LogP contribution in [0, 0.1) is 0 Å². The maximum atomic E-state index is 12.7. The molecule has 12 heteroatoms. The minimum Gasteiger partial charge on any atom is -1.00 e. The van der Waals surface area contributed by atoms with Gasteiger partial charge in [-0.05, 0) is 18.2 Å². The molecule has 0 heterocycles. The van der Waals surface area contributed by atoms with Gasteiger partial charge in [0.05, 0.1) is 11.1 Å². The number of hydrogen-bond donors (Lipinski definition) is 3. The van der Waals surface area contributed by atoms with Gasteiger partial charge in [-0.25, -0.2) is 9.59 Å². The first kappa shape index (κ1) is 21.0. The van der Waals surface area contributed by atoms with Crippen molar-refractivity contribution >= 4 is 11.9 Å². The van der Waals surface area contributed by atoms with Crippen LogP contribution in [0.3, 0.4) is 0 Å². The normalized spacial score (nSPS) is 12.5. The monoisotopic (exact) mass is 367 g/mol. The molecule has 0 amide bonds. The molecule has 1 aromatic rings. The maximum absolute atomic E-state index is 12.7. The lowest BCUT2D eigenvalue weighted by Gasteiger charge is -2.32. The molecule has 0 radical (unpaired) electrons. The van der Waals surface area contributed by atoms with E-state index < -0.39 is 46.6 Å². The lowest BCUT2D eigenvalue weighted by Crippen LogP contribution is -3.00. The summed E-state index contributed by atoms with van der Waals surface area (Å²) in [6, 6.07) is 0.187. The summed E-state index contributed by atoms with van der Waals surface area (Å²) in [6.45, 7) is 0. The Morgan fingerprint density at radius 3 is 1.30 bits per heavy atom. The summed E-state index contributed by atoms with van der Waals surface area (Å²) in [5, 5.41) is 26.4. The van der Waals surface area contributed by atoms with Gasteiger partial charge in [0.2, 0.25) is 0 Å². The second-order valence-corrected chi connectivity index (χ2v) is 4.12. The zero-order chi connectivity index (χ0) is 17.5. The van der Waals surface area contributed by atoms with E-state index in [1.54, 1.807) is 0 Å². The third-order valence-corrected chi connectivity index (χ3v) is 2.67. The number of aromatic carboxylic acids is 2. The summed E-state index contributed by atoms with van der Waals surface area (Å²) in [5.74, 6) is -3.92. The summed E-state index contributed by atoms with van der Waals surface area (Å²) >= 11 is 0. The van der Waals surface area contributed by atoms with Crippen molar-refractivity contribution in [2.24, 2.45) is 0 Å². The molecule has 3 N–H and O–H groups in total. The number of aliphatic hydroxyl groups is 1. The minimum atomic E-state index is -6.25. The molecule has 0 saturated carbocycles. The lowest BCUT2D eigenvalue weighted by molar-refractivity contribution is -0.376. The summed E-state index contributed by atoms with van der Waals surface area (Å²) < 4.78 is 76.1. The molecule has 130 valence electrons. The Morgan fingerprint density at radius 1 is 0.783 bits per heavy atom. The van der Waals surface area contributed by atoms with Crippen molar-refractivity contribution in [2.45, 2.75) is 18.0 Å². The summed E-state index contributed by atoms with van der Waals surface area (Å²) in [5.41, 5.74) is -9.66. The Labute approximate surface area is 129 Å². The van der Waals surface area contributed by atoms with Gasteiger partial charge in [-0.2, -0.15) is 26.3 Å². The van der Waals surface area contributed by atoms with Crippen molar-refractivity contribution in [3.63, 3.8) is 0 Å². The van der Waals surface area contributed by atoms with Crippen LogP contribution in [0.25, 0.3) is 0 Å². The number of halogens is 7. The Hall–Kier alpha value is -2.01. The van der Waals surface area contributed by atoms with Gasteiger partial charge in [0, 0.05) is 5.56 Å². The highest BCUT2D eigenvalue weighted by Crippen LogP contribution is 2.50. The highest BCUT2D eigenvalue weighted by atomic mass is 35.5. The molecule has 0 fully saturated rings. The standard InChI is InChI=1S/C11H6F6O5.ClH/c12-10(13,14)9(22,11(15,16)17)6-2-4(7(18)19)1-5(3-6)8(20)21;/h1-3,22H,(H,18,19)(H,20,21);1H/p-1. The van der Waals surface area contributed by atoms with Crippen LogP contribution in [-0.2, 0) is 5.60 Å². The molecule has 0 saturated heterocycles. The number of carbonyl (C=O) groups is 2. The fraction of sp³-hybridized carbons (Fsp3) is 0.273. The average molecular weight is 368 g/mol. The van der Waals surface area contributed by atoms with Gasteiger partial charge in [-0.1, -0.05) is 0 Å². The SMILES string of the molecule is O=C(O)c1cc(C(=O)O)cc(C(O)(C(F)(F)F)C(F)(F)F)c1.[Cl-]. The molecule has 1 rings (SSSR count). The fourth-order valence-corrected chi connectivity index (χ4v) is 1.57. The van der Waals surface area contributed by atoms with E-state index in [9.17, 15) is 35.9 Å². The smallest absolute Gasteiger partial charge is 0.430 e. The van der Waals surface area contributed by atoms with Gasteiger partial charge in [0.1, 0.15) is 0 Å². The quantitative estimate of drug-likeness (QED) is 0.620. The van der Waals surface area contributed by atoms with Crippen LogP contribution in [0.4, 0.5) is 26.3 Å². The second kappa shape index (κ2) is 6.24. The number of benzene rings is 1. The van der Waals surface area contributed by atoms with E-state index in [0.29, 0.717) is 6.07 Å². The van der Waals surface area contributed by atoms with E-state index in [1.165, 1.54) is 0 Å². The number of carboxylic acid groups (broad SMARTS) is 2. The number of hydrogen-bond acceptors (Lipinski definition) is 3. The highest BCUT2D eigenvalue weighted by molar-refractivity contribution is 5.94. The van der Waals surface area contributed by atoms with Crippen molar-refractivity contribution in [1.82, 2.24) is 0 Å². The number of carboxylic acids is 2. The lowest BCUT2D eigenvalue weighted by atomic mass is 9.89. The van der Waals surface area contributed by atoms with Crippen molar-refractivity contribution < 1.29 is 63.7 Å². The van der Waals surface area contributed by atoms with Gasteiger partial charge >= 0.3 is 24.3 Å². The summed E-state index contributed by atoms with van der Waals surface area (Å²) in [6.07, 6.45) is -12.5. The van der Waals surface area contributed by atoms with Crippen molar-refractivity contribution in [1.29, 1.82) is 0 Å². The Morgan fingerprint density at radius 2 is 1.09 bits per heavy atom. The molecule has 0 bridgehead atoms. The highest BCUT2D eigenvalue weighted by Gasteiger charge is 2.71. The van der Waals surface area contributed by atoms with Crippen LogP contribution in [0.5, 0.6) is 0 Å². The molecule has 0 aliphatic rings. The van der Waals surface area contributed by atoms with E-state index in [0.717, 1.165) is 0 Å². The first-order valence-electron chi connectivity index (χ1n) is 5.20. The van der Waals surface area contributed by atoms with Gasteiger partial charge < -0.3 is 27.7 Å². The van der Waals surface area contributed by atoms with Crippen molar-refractivity contribution in [3.05, 3.63) is 34.9 Å². The topological polar surface area (TPSA) is 94.8 Å². The van der Waals surface area contributed by atoms with E-state index >= 15 is 0 Å². The predicted octanol–water partition coefficient (Wildman–Crippen LogP) is -0.601. The molecule has 0 atom stereocenters. The molecule has 0 aliphatic heterocycles. The molecular weight excluding hydrogens is 362 g/mol. The summed E-state index contributed by atoms with van der Waals surface area (Å²) in [4.78, 5) is 21.4.